The van der Waals surface area contributed by atoms with E-state index in [0.29, 0.717) is 11.4 Å². The van der Waals surface area contributed by atoms with Crippen LogP contribution in [0.25, 0.3) is 0 Å². The molecule has 5 rings (SSSR count). The zero-order valence-electron chi connectivity index (χ0n) is 16.0. The van der Waals surface area contributed by atoms with E-state index in [-0.39, 0.29) is 11.8 Å². The van der Waals surface area contributed by atoms with Crippen LogP contribution < -0.4 is 10.2 Å². The summed E-state index contributed by atoms with van der Waals surface area (Å²) in [6, 6.07) is 11.3. The molecule has 1 aromatic carbocycles. The van der Waals surface area contributed by atoms with Crippen LogP contribution in [0.3, 0.4) is 0 Å². The van der Waals surface area contributed by atoms with E-state index >= 15 is 0 Å². The minimum Gasteiger partial charge on any atom is -0.341 e. The number of fused-ring (bicyclic) bond motifs is 2. The highest BCUT2D eigenvalue weighted by Gasteiger charge is 2.26. The van der Waals surface area contributed by atoms with Gasteiger partial charge in [0.1, 0.15) is 5.82 Å². The Balaban J connectivity index is 1.39. The molecular weight excluding hydrogens is 368 g/mol. The Morgan fingerprint density at radius 3 is 2.86 bits per heavy atom. The molecule has 29 heavy (non-hydrogen) atoms. The van der Waals surface area contributed by atoms with Gasteiger partial charge in [-0.05, 0) is 42.3 Å². The Labute approximate surface area is 167 Å². The lowest BCUT2D eigenvalue weighted by Crippen LogP contribution is -2.34. The van der Waals surface area contributed by atoms with Crippen molar-refractivity contribution in [2.24, 2.45) is 0 Å². The largest absolute Gasteiger partial charge is 0.341 e. The molecule has 146 valence electrons. The molecule has 0 saturated heterocycles. The van der Waals surface area contributed by atoms with Crippen molar-refractivity contribution >= 4 is 29.1 Å². The fourth-order valence-electron chi connectivity index (χ4n) is 3.86. The number of nitrogens with one attached hydrogen (secondary N) is 1. The van der Waals surface area contributed by atoms with Crippen molar-refractivity contribution in [3.63, 3.8) is 0 Å². The second kappa shape index (κ2) is 6.73. The summed E-state index contributed by atoms with van der Waals surface area (Å²) >= 11 is 0. The van der Waals surface area contributed by atoms with Gasteiger partial charge in [0, 0.05) is 49.8 Å². The average Bonchev–Trinajstić information content (AvgIpc) is 3.31. The molecule has 3 aromatic rings. The Morgan fingerprint density at radius 1 is 1.14 bits per heavy atom. The number of pyridine rings is 1. The topological polar surface area (TPSA) is 83.4 Å². The van der Waals surface area contributed by atoms with Gasteiger partial charge in [-0.3, -0.25) is 14.6 Å². The molecule has 4 heterocycles. The summed E-state index contributed by atoms with van der Waals surface area (Å²) in [5.74, 6) is 1.27. The van der Waals surface area contributed by atoms with Crippen molar-refractivity contribution in [3.8, 4) is 0 Å². The number of carbonyl (C=O) groups is 2. The lowest BCUT2D eigenvalue weighted by molar-refractivity contribution is 0.0780. The highest BCUT2D eigenvalue weighted by molar-refractivity contribution is 6.03. The minimum atomic E-state index is -0.238. The number of hydrogen-bond donors (Lipinski definition) is 1. The summed E-state index contributed by atoms with van der Waals surface area (Å²) in [6.45, 7) is 2.26. The smallest absolute Gasteiger partial charge is 0.258 e. The Bertz CT molecular complexity index is 1110. The highest BCUT2D eigenvalue weighted by Crippen LogP contribution is 2.34. The number of nitrogens with zero attached hydrogens (tertiary/aromatic N) is 5. The van der Waals surface area contributed by atoms with Gasteiger partial charge in [0.15, 0.2) is 5.82 Å². The van der Waals surface area contributed by atoms with Crippen LogP contribution >= 0.6 is 0 Å². The molecule has 8 heteroatoms. The molecule has 1 N–H and O–H groups in total. The monoisotopic (exact) mass is 388 g/mol. The molecule has 0 spiro atoms. The van der Waals surface area contributed by atoms with Gasteiger partial charge in [0.2, 0.25) is 0 Å². The molecule has 0 radical (unpaired) electrons. The predicted octanol–water partition coefficient (Wildman–Crippen LogP) is 2.31. The summed E-state index contributed by atoms with van der Waals surface area (Å²) in [7, 11) is 1.83. The SMILES string of the molecule is CN1CCc2cc(N3CCn4nc(NC(=O)c5cccnc5)cc43)ccc2C1=O. The molecule has 0 unspecified atom stereocenters. The van der Waals surface area contributed by atoms with Crippen molar-refractivity contribution in [2.45, 2.75) is 13.0 Å². The Morgan fingerprint density at radius 2 is 2.03 bits per heavy atom. The van der Waals surface area contributed by atoms with Crippen molar-refractivity contribution < 1.29 is 9.59 Å². The lowest BCUT2D eigenvalue weighted by Gasteiger charge is -2.26. The molecule has 0 saturated carbocycles. The van der Waals surface area contributed by atoms with Crippen LogP contribution in [0.4, 0.5) is 17.3 Å². The second-order valence-electron chi connectivity index (χ2n) is 7.28. The minimum absolute atomic E-state index is 0.0738. The molecule has 0 bridgehead atoms. The van der Waals surface area contributed by atoms with Gasteiger partial charge >= 0.3 is 0 Å². The van der Waals surface area contributed by atoms with E-state index in [9.17, 15) is 9.59 Å². The van der Waals surface area contributed by atoms with Crippen LogP contribution in [0, 0.1) is 0 Å². The van der Waals surface area contributed by atoms with Crippen molar-refractivity contribution in [3.05, 3.63) is 65.5 Å². The maximum atomic E-state index is 12.4. The molecule has 2 aromatic heterocycles. The van der Waals surface area contributed by atoms with E-state index < -0.39 is 0 Å². The first-order chi connectivity index (χ1) is 14.1. The summed E-state index contributed by atoms with van der Waals surface area (Å²) in [4.78, 5) is 32.6. The number of carbonyl (C=O) groups excluding carboxylic acids is 2. The van der Waals surface area contributed by atoms with E-state index in [1.807, 2.05) is 29.9 Å². The summed E-state index contributed by atoms with van der Waals surface area (Å²) in [5, 5.41) is 7.34. The van der Waals surface area contributed by atoms with Gasteiger partial charge in [0.25, 0.3) is 11.8 Å². The first kappa shape index (κ1) is 17.4. The van der Waals surface area contributed by atoms with Crippen LogP contribution in [0.1, 0.15) is 26.3 Å². The number of amides is 2. The van der Waals surface area contributed by atoms with E-state index in [4.69, 9.17) is 0 Å². The summed E-state index contributed by atoms with van der Waals surface area (Å²) < 4.78 is 1.89. The standard InChI is InChI=1S/C21H20N6O2/c1-25-8-6-14-11-16(4-5-17(14)21(25)29)26-9-10-27-19(26)12-18(24-27)23-20(28)15-3-2-7-22-13-15/h2-5,7,11-13H,6,8-10H2,1H3,(H,23,24,28). The molecule has 0 atom stereocenters. The molecule has 2 amide bonds. The van der Waals surface area contributed by atoms with Gasteiger partial charge in [-0.15, -0.1) is 0 Å². The summed E-state index contributed by atoms with van der Waals surface area (Å²) in [5.41, 5.74) is 3.38. The second-order valence-corrected chi connectivity index (χ2v) is 7.28. The van der Waals surface area contributed by atoms with E-state index in [1.54, 1.807) is 23.2 Å². The number of anilines is 3. The molecule has 2 aliphatic rings. The molecule has 2 aliphatic heterocycles. The zero-order valence-corrected chi connectivity index (χ0v) is 16.0. The van der Waals surface area contributed by atoms with Crippen molar-refractivity contribution in [1.82, 2.24) is 19.7 Å². The number of rotatable bonds is 3. The van der Waals surface area contributed by atoms with Crippen LogP contribution in [-0.4, -0.2) is 51.6 Å². The van der Waals surface area contributed by atoms with Crippen molar-refractivity contribution in [2.75, 3.05) is 30.4 Å². The third kappa shape index (κ3) is 3.02. The van der Waals surface area contributed by atoms with Crippen LogP contribution in [0.15, 0.2) is 48.8 Å². The van der Waals surface area contributed by atoms with Gasteiger partial charge in [-0.25, -0.2) is 4.68 Å². The third-order valence-electron chi connectivity index (χ3n) is 5.43. The first-order valence-corrected chi connectivity index (χ1v) is 9.55. The van der Waals surface area contributed by atoms with Gasteiger partial charge < -0.3 is 15.1 Å². The average molecular weight is 388 g/mol. The normalized spacial score (nSPS) is 15.3. The van der Waals surface area contributed by atoms with Crippen LogP contribution in [0.5, 0.6) is 0 Å². The van der Waals surface area contributed by atoms with Gasteiger partial charge in [-0.1, -0.05) is 0 Å². The quantitative estimate of drug-likeness (QED) is 0.744. The van der Waals surface area contributed by atoms with Gasteiger partial charge in [-0.2, -0.15) is 5.10 Å². The Hall–Kier alpha value is -3.68. The number of aromatic nitrogens is 3. The maximum absolute atomic E-state index is 12.4. The highest BCUT2D eigenvalue weighted by atomic mass is 16.2. The van der Waals surface area contributed by atoms with Gasteiger partial charge in [0.05, 0.1) is 12.1 Å². The maximum Gasteiger partial charge on any atom is 0.258 e. The van der Waals surface area contributed by atoms with Crippen LogP contribution in [-0.2, 0) is 13.0 Å². The molecule has 0 fully saturated rings. The lowest BCUT2D eigenvalue weighted by atomic mass is 9.98. The predicted molar refractivity (Wildman–Crippen MR) is 109 cm³/mol. The van der Waals surface area contributed by atoms with E-state index in [1.165, 1.54) is 6.20 Å². The first-order valence-electron chi connectivity index (χ1n) is 9.55. The van der Waals surface area contributed by atoms with Crippen LogP contribution in [0.2, 0.25) is 0 Å². The van der Waals surface area contributed by atoms with E-state index in [0.717, 1.165) is 48.7 Å². The molecule has 0 aliphatic carbocycles. The fraction of sp³-hybridized carbons (Fsp3) is 0.238. The molecular formula is C21H20N6O2. The van der Waals surface area contributed by atoms with Crippen molar-refractivity contribution in [1.29, 1.82) is 0 Å². The van der Waals surface area contributed by atoms with E-state index in [2.05, 4.69) is 26.4 Å². The zero-order chi connectivity index (χ0) is 20.0. The molecule has 8 nitrogen and oxygen atoms in total. The number of hydrogen-bond acceptors (Lipinski definition) is 5. The summed E-state index contributed by atoms with van der Waals surface area (Å²) in [6.07, 6.45) is 4.01. The number of likely N-dealkylation sites (N-methyl/N-ethyl adjacent to an activating group) is 1. The Kier molecular flexibility index (Phi) is 4.04. The fourth-order valence-corrected chi connectivity index (χ4v) is 3.86. The third-order valence-corrected chi connectivity index (χ3v) is 5.43. The number of benzene rings is 1.